The molecule has 0 aliphatic heterocycles. The summed E-state index contributed by atoms with van der Waals surface area (Å²) in [7, 11) is -3.67. The number of carbonyl (C=O) groups is 2. The topological polar surface area (TPSA) is 98.8 Å². The van der Waals surface area contributed by atoms with E-state index < -0.39 is 47.1 Å². The average Bonchev–Trinajstić information content (AvgIpc) is 2.66. The minimum atomic E-state index is -3.67. The maximum absolute atomic E-state index is 12.4. The van der Waals surface area contributed by atoms with E-state index in [1.54, 1.807) is 12.1 Å². The van der Waals surface area contributed by atoms with Gasteiger partial charge in [-0.3, -0.25) is 9.59 Å². The number of hydrogen-bond donors (Lipinski definition) is 1. The number of hydrogen-bond acceptors (Lipinski definition) is 6. The molecule has 7 nitrogen and oxygen atoms in total. The maximum atomic E-state index is 12.4. The Morgan fingerprint density at radius 2 is 1.72 bits per heavy atom. The van der Waals surface area contributed by atoms with Gasteiger partial charge in [-0.2, -0.15) is 8.78 Å². The second-order valence-corrected chi connectivity index (χ2v) is 8.07. The van der Waals surface area contributed by atoms with Gasteiger partial charge in [0.1, 0.15) is 5.75 Å². The molecule has 0 bridgehead atoms. The first-order chi connectivity index (χ1) is 13.7. The molecular weight excluding hydrogens is 408 g/mol. The summed E-state index contributed by atoms with van der Waals surface area (Å²) in [6, 6.07) is 11.7. The van der Waals surface area contributed by atoms with Crippen molar-refractivity contribution in [2.45, 2.75) is 24.9 Å². The molecule has 1 amide bonds. The van der Waals surface area contributed by atoms with Crippen LogP contribution in [0.25, 0.3) is 0 Å². The fourth-order valence-corrected chi connectivity index (χ4v) is 3.48. The second kappa shape index (κ2) is 9.97. The van der Waals surface area contributed by atoms with Crippen molar-refractivity contribution in [1.29, 1.82) is 0 Å². The number of ether oxygens (including phenoxy) is 2. The van der Waals surface area contributed by atoms with E-state index in [9.17, 15) is 26.8 Å². The van der Waals surface area contributed by atoms with Gasteiger partial charge in [0.05, 0.1) is 22.8 Å². The van der Waals surface area contributed by atoms with Crippen LogP contribution in [0.2, 0.25) is 0 Å². The van der Waals surface area contributed by atoms with Gasteiger partial charge >= 0.3 is 12.6 Å². The zero-order chi connectivity index (χ0) is 21.4. The smallest absolute Gasteiger partial charge is 0.387 e. The van der Waals surface area contributed by atoms with Crippen molar-refractivity contribution in [3.63, 3.8) is 0 Å². The lowest BCUT2D eigenvalue weighted by molar-refractivity contribution is -0.146. The van der Waals surface area contributed by atoms with E-state index in [0.717, 1.165) is 5.56 Å². The molecule has 1 N–H and O–H groups in total. The number of carbonyl (C=O) groups excluding carboxylic acids is 2. The Morgan fingerprint density at radius 3 is 2.38 bits per heavy atom. The number of aryl methyl sites for hydroxylation is 1. The fraction of sp³-hybridized carbons (Fsp3) is 0.263. The highest BCUT2D eigenvalue weighted by molar-refractivity contribution is 7.91. The van der Waals surface area contributed by atoms with Crippen LogP contribution in [0.4, 0.5) is 14.5 Å². The minimum Gasteiger partial charge on any atom is -0.456 e. The third kappa shape index (κ3) is 7.15. The maximum Gasteiger partial charge on any atom is 0.387 e. The SMILES string of the molecule is Cc1ccc(S(=O)(=O)CCC(=O)OCC(=O)Nc2ccccc2OC(F)F)cc1. The minimum absolute atomic E-state index is 0.0178. The molecule has 0 unspecified atom stereocenters. The molecule has 2 aromatic carbocycles. The first kappa shape index (κ1) is 22.3. The molecule has 0 saturated carbocycles. The predicted octanol–water partition coefficient (Wildman–Crippen LogP) is 2.94. The van der Waals surface area contributed by atoms with Crippen LogP contribution in [0.15, 0.2) is 53.4 Å². The molecule has 2 aromatic rings. The zero-order valence-corrected chi connectivity index (χ0v) is 16.2. The lowest BCUT2D eigenvalue weighted by Gasteiger charge is -2.11. The van der Waals surface area contributed by atoms with Crippen LogP contribution in [0.5, 0.6) is 5.75 Å². The normalized spacial score (nSPS) is 11.2. The number of esters is 1. The Kier molecular flexibility index (Phi) is 7.66. The number of alkyl halides is 2. The standard InChI is InChI=1S/C19H19F2NO6S/c1-13-6-8-14(9-7-13)29(25,26)11-10-18(24)27-12-17(23)22-15-4-2-3-5-16(15)28-19(20)21/h2-9,19H,10-12H2,1H3,(H,22,23). The van der Waals surface area contributed by atoms with Crippen LogP contribution in [-0.2, 0) is 24.2 Å². The highest BCUT2D eigenvalue weighted by Gasteiger charge is 2.18. The number of para-hydroxylation sites is 2. The van der Waals surface area contributed by atoms with Gasteiger partial charge in [0.15, 0.2) is 16.4 Å². The summed E-state index contributed by atoms with van der Waals surface area (Å²) in [5.74, 6) is -2.38. The van der Waals surface area contributed by atoms with E-state index in [-0.39, 0.29) is 16.3 Å². The van der Waals surface area contributed by atoms with E-state index in [4.69, 9.17) is 4.74 Å². The zero-order valence-electron chi connectivity index (χ0n) is 15.4. The molecular formula is C19H19F2NO6S. The molecule has 156 valence electrons. The Morgan fingerprint density at radius 1 is 1.07 bits per heavy atom. The number of rotatable bonds is 9. The molecule has 0 saturated heterocycles. The third-order valence-electron chi connectivity index (χ3n) is 3.70. The van der Waals surface area contributed by atoms with Crippen molar-refractivity contribution >= 4 is 27.4 Å². The lowest BCUT2D eigenvalue weighted by Crippen LogP contribution is -2.22. The Bertz CT molecular complexity index is 961. The van der Waals surface area contributed by atoms with Crippen molar-refractivity contribution in [2.24, 2.45) is 0 Å². The molecule has 0 atom stereocenters. The summed E-state index contributed by atoms with van der Waals surface area (Å²) in [6.45, 7) is -1.95. The van der Waals surface area contributed by atoms with Crippen molar-refractivity contribution < 1.29 is 36.3 Å². The number of benzene rings is 2. The summed E-state index contributed by atoms with van der Waals surface area (Å²) in [6.07, 6.45) is -0.436. The first-order valence-electron chi connectivity index (χ1n) is 8.46. The van der Waals surface area contributed by atoms with E-state index in [0.29, 0.717) is 0 Å². The van der Waals surface area contributed by atoms with Crippen molar-refractivity contribution in [3.8, 4) is 5.75 Å². The van der Waals surface area contributed by atoms with Crippen LogP contribution in [0.3, 0.4) is 0 Å². The van der Waals surface area contributed by atoms with Crippen LogP contribution in [-0.4, -0.2) is 39.3 Å². The van der Waals surface area contributed by atoms with Gasteiger partial charge in [-0.25, -0.2) is 8.42 Å². The largest absolute Gasteiger partial charge is 0.456 e. The summed E-state index contributed by atoms with van der Waals surface area (Å²) < 4.78 is 58.1. The number of sulfone groups is 1. The first-order valence-corrected chi connectivity index (χ1v) is 10.1. The highest BCUT2D eigenvalue weighted by atomic mass is 32.2. The molecule has 0 aliphatic carbocycles. The van der Waals surface area contributed by atoms with Crippen LogP contribution in [0, 0.1) is 6.92 Å². The van der Waals surface area contributed by atoms with Gasteiger partial charge in [-0.05, 0) is 31.2 Å². The van der Waals surface area contributed by atoms with Gasteiger partial charge in [-0.15, -0.1) is 0 Å². The van der Waals surface area contributed by atoms with Gasteiger partial charge in [0.25, 0.3) is 5.91 Å². The Balaban J connectivity index is 1.83. The van der Waals surface area contributed by atoms with E-state index >= 15 is 0 Å². The molecule has 29 heavy (non-hydrogen) atoms. The monoisotopic (exact) mass is 427 g/mol. The molecule has 0 fully saturated rings. The van der Waals surface area contributed by atoms with Gasteiger partial charge in [-0.1, -0.05) is 29.8 Å². The third-order valence-corrected chi connectivity index (χ3v) is 5.43. The van der Waals surface area contributed by atoms with Gasteiger partial charge in [0.2, 0.25) is 0 Å². The van der Waals surface area contributed by atoms with Gasteiger partial charge in [0, 0.05) is 0 Å². The fourth-order valence-electron chi connectivity index (χ4n) is 2.25. The quantitative estimate of drug-likeness (QED) is 0.618. The predicted molar refractivity (Wildman–Crippen MR) is 101 cm³/mol. The van der Waals surface area contributed by atoms with Crippen LogP contribution >= 0.6 is 0 Å². The summed E-state index contributed by atoms with van der Waals surface area (Å²) >= 11 is 0. The molecule has 2 rings (SSSR count). The van der Waals surface area contributed by atoms with Crippen LogP contribution in [0.1, 0.15) is 12.0 Å². The molecule has 10 heteroatoms. The van der Waals surface area contributed by atoms with Crippen molar-refractivity contribution in [1.82, 2.24) is 0 Å². The molecule has 0 spiro atoms. The molecule has 0 aliphatic rings. The number of halogens is 2. The summed E-state index contributed by atoms with van der Waals surface area (Å²) in [5, 5.41) is 2.28. The van der Waals surface area contributed by atoms with Crippen LogP contribution < -0.4 is 10.1 Å². The van der Waals surface area contributed by atoms with E-state index in [1.165, 1.54) is 36.4 Å². The Labute approximate surface area is 166 Å². The second-order valence-electron chi connectivity index (χ2n) is 5.97. The summed E-state index contributed by atoms with van der Waals surface area (Å²) in [4.78, 5) is 23.7. The average molecular weight is 427 g/mol. The molecule has 0 radical (unpaired) electrons. The number of amides is 1. The lowest BCUT2D eigenvalue weighted by atomic mass is 10.2. The van der Waals surface area contributed by atoms with Crippen molar-refractivity contribution in [2.75, 3.05) is 17.7 Å². The number of nitrogens with one attached hydrogen (secondary N) is 1. The van der Waals surface area contributed by atoms with E-state index in [1.807, 2.05) is 6.92 Å². The van der Waals surface area contributed by atoms with Crippen molar-refractivity contribution in [3.05, 3.63) is 54.1 Å². The highest BCUT2D eigenvalue weighted by Crippen LogP contribution is 2.25. The van der Waals surface area contributed by atoms with Gasteiger partial charge < -0.3 is 14.8 Å². The summed E-state index contributed by atoms with van der Waals surface area (Å²) in [5.41, 5.74) is 0.880. The molecule has 0 aromatic heterocycles. The van der Waals surface area contributed by atoms with E-state index in [2.05, 4.69) is 10.1 Å². The number of anilines is 1. The Hall–Kier alpha value is -3.01. The molecule has 0 heterocycles.